The number of H-pyrrole nitrogens is 1. The van der Waals surface area contributed by atoms with Crippen molar-refractivity contribution < 1.29 is 0 Å². The highest BCUT2D eigenvalue weighted by atomic mass is 35.5. The number of nitrogens with two attached hydrogens (primary N) is 1. The molecule has 0 aliphatic carbocycles. The summed E-state index contributed by atoms with van der Waals surface area (Å²) < 4.78 is 0. The molecule has 1 atom stereocenters. The Labute approximate surface area is 80.9 Å². The summed E-state index contributed by atoms with van der Waals surface area (Å²) >= 11 is 5.89. The van der Waals surface area contributed by atoms with Gasteiger partial charge in [-0.05, 0) is 24.6 Å². The summed E-state index contributed by atoms with van der Waals surface area (Å²) in [5.41, 5.74) is 7.69. The van der Waals surface area contributed by atoms with E-state index in [2.05, 4.69) is 10.2 Å². The lowest BCUT2D eigenvalue weighted by molar-refractivity contribution is 0.820. The van der Waals surface area contributed by atoms with E-state index >= 15 is 0 Å². The highest BCUT2D eigenvalue weighted by molar-refractivity contribution is 6.34. The largest absolute Gasteiger partial charge is 0.324 e. The second kappa shape index (κ2) is 3.01. The van der Waals surface area contributed by atoms with Crippen LogP contribution in [0.1, 0.15) is 18.5 Å². The van der Waals surface area contributed by atoms with Gasteiger partial charge >= 0.3 is 0 Å². The molecule has 0 bridgehead atoms. The predicted molar refractivity (Wildman–Crippen MR) is 53.7 cm³/mol. The van der Waals surface area contributed by atoms with Crippen LogP contribution in [-0.4, -0.2) is 10.2 Å². The van der Waals surface area contributed by atoms with Gasteiger partial charge in [-0.2, -0.15) is 5.10 Å². The van der Waals surface area contributed by atoms with Crippen LogP contribution in [0.2, 0.25) is 5.15 Å². The van der Waals surface area contributed by atoms with E-state index in [1.165, 1.54) is 0 Å². The van der Waals surface area contributed by atoms with Crippen molar-refractivity contribution in [3.63, 3.8) is 0 Å². The van der Waals surface area contributed by atoms with E-state index in [0.29, 0.717) is 5.15 Å². The second-order valence-corrected chi connectivity index (χ2v) is 3.48. The number of halogens is 1. The summed E-state index contributed by atoms with van der Waals surface area (Å²) in [5.74, 6) is 0. The minimum atomic E-state index is 0.0235. The Kier molecular flexibility index (Phi) is 1.98. The van der Waals surface area contributed by atoms with Crippen molar-refractivity contribution in [1.82, 2.24) is 10.2 Å². The molecule has 4 heteroatoms. The van der Waals surface area contributed by atoms with E-state index in [-0.39, 0.29) is 6.04 Å². The van der Waals surface area contributed by atoms with Gasteiger partial charge in [0, 0.05) is 11.4 Å². The van der Waals surface area contributed by atoms with Crippen molar-refractivity contribution in [2.45, 2.75) is 13.0 Å². The lowest BCUT2D eigenvalue weighted by Gasteiger charge is -2.04. The van der Waals surface area contributed by atoms with E-state index in [1.54, 1.807) is 0 Å². The molecular formula is C9H10ClN3. The number of hydrogen-bond donors (Lipinski definition) is 2. The number of nitrogens with zero attached hydrogens (tertiary/aromatic N) is 1. The predicted octanol–water partition coefficient (Wildman–Crippen LogP) is 2.24. The van der Waals surface area contributed by atoms with Gasteiger partial charge in [-0.3, -0.25) is 5.10 Å². The fourth-order valence-corrected chi connectivity index (χ4v) is 1.47. The van der Waals surface area contributed by atoms with Gasteiger partial charge in [0.2, 0.25) is 0 Å². The highest BCUT2D eigenvalue weighted by Gasteiger charge is 2.05. The molecule has 3 nitrogen and oxygen atoms in total. The number of nitrogens with one attached hydrogen (secondary N) is 1. The number of hydrogen-bond acceptors (Lipinski definition) is 2. The van der Waals surface area contributed by atoms with Gasteiger partial charge in [-0.15, -0.1) is 0 Å². The average molecular weight is 196 g/mol. The number of aromatic amines is 1. The standard InChI is InChI=1S/C9H10ClN3/c1-5(11)6-2-3-8-7(4-6)9(10)13-12-8/h2-5H,11H2,1H3,(H,12,13). The van der Waals surface area contributed by atoms with Gasteiger partial charge in [0.15, 0.2) is 0 Å². The molecule has 1 aromatic heterocycles. The van der Waals surface area contributed by atoms with Crippen LogP contribution in [0.25, 0.3) is 10.9 Å². The lowest BCUT2D eigenvalue weighted by Crippen LogP contribution is -2.04. The average Bonchev–Trinajstić information content (AvgIpc) is 2.47. The van der Waals surface area contributed by atoms with E-state index in [0.717, 1.165) is 16.5 Å². The van der Waals surface area contributed by atoms with E-state index in [9.17, 15) is 0 Å². The molecule has 0 spiro atoms. The second-order valence-electron chi connectivity index (χ2n) is 3.10. The highest BCUT2D eigenvalue weighted by Crippen LogP contribution is 2.23. The zero-order chi connectivity index (χ0) is 9.42. The summed E-state index contributed by atoms with van der Waals surface area (Å²) in [6.45, 7) is 1.94. The fraction of sp³-hybridized carbons (Fsp3) is 0.222. The summed E-state index contributed by atoms with van der Waals surface area (Å²) in [4.78, 5) is 0. The van der Waals surface area contributed by atoms with E-state index in [4.69, 9.17) is 17.3 Å². The van der Waals surface area contributed by atoms with E-state index < -0.39 is 0 Å². The first kappa shape index (κ1) is 8.53. The zero-order valence-corrected chi connectivity index (χ0v) is 7.97. The number of aromatic nitrogens is 2. The fourth-order valence-electron chi connectivity index (χ4n) is 1.28. The molecule has 1 unspecified atom stereocenters. The van der Waals surface area contributed by atoms with Crippen molar-refractivity contribution >= 4 is 22.5 Å². The van der Waals surface area contributed by atoms with Crippen LogP contribution in [0.15, 0.2) is 18.2 Å². The Balaban J connectivity index is 2.66. The quantitative estimate of drug-likeness (QED) is 0.733. The molecule has 0 saturated carbocycles. The number of benzene rings is 1. The topological polar surface area (TPSA) is 54.7 Å². The Hall–Kier alpha value is -1.06. The summed E-state index contributed by atoms with van der Waals surface area (Å²) in [6.07, 6.45) is 0. The lowest BCUT2D eigenvalue weighted by atomic mass is 10.1. The van der Waals surface area contributed by atoms with Gasteiger partial charge in [0.1, 0.15) is 5.15 Å². The maximum absolute atomic E-state index is 5.89. The Morgan fingerprint density at radius 3 is 3.00 bits per heavy atom. The van der Waals surface area contributed by atoms with Crippen LogP contribution < -0.4 is 5.73 Å². The molecule has 0 amide bonds. The number of rotatable bonds is 1. The maximum Gasteiger partial charge on any atom is 0.132 e. The smallest absolute Gasteiger partial charge is 0.132 e. The van der Waals surface area contributed by atoms with Crippen LogP contribution in [0.3, 0.4) is 0 Å². The van der Waals surface area contributed by atoms with Gasteiger partial charge in [0.25, 0.3) is 0 Å². The molecule has 13 heavy (non-hydrogen) atoms. The molecule has 0 aliphatic heterocycles. The molecule has 0 radical (unpaired) electrons. The maximum atomic E-state index is 5.89. The third-order valence-electron chi connectivity index (χ3n) is 2.06. The Morgan fingerprint density at radius 1 is 1.54 bits per heavy atom. The monoisotopic (exact) mass is 195 g/mol. The Morgan fingerprint density at radius 2 is 2.31 bits per heavy atom. The van der Waals surface area contributed by atoms with Crippen molar-refractivity contribution in [2.75, 3.05) is 0 Å². The SMILES string of the molecule is CC(N)c1ccc2n[nH]c(Cl)c2c1. The molecule has 0 fully saturated rings. The van der Waals surface area contributed by atoms with Crippen molar-refractivity contribution in [3.05, 3.63) is 28.9 Å². The minimum Gasteiger partial charge on any atom is -0.324 e. The zero-order valence-electron chi connectivity index (χ0n) is 7.21. The van der Waals surface area contributed by atoms with Crippen molar-refractivity contribution in [1.29, 1.82) is 0 Å². The van der Waals surface area contributed by atoms with Crippen molar-refractivity contribution in [2.24, 2.45) is 5.73 Å². The first-order chi connectivity index (χ1) is 6.18. The first-order valence-corrected chi connectivity index (χ1v) is 4.45. The van der Waals surface area contributed by atoms with Crippen LogP contribution >= 0.6 is 11.6 Å². The molecule has 1 heterocycles. The molecule has 0 saturated heterocycles. The summed E-state index contributed by atoms with van der Waals surface area (Å²) in [7, 11) is 0. The normalized spacial score (nSPS) is 13.5. The third kappa shape index (κ3) is 1.41. The molecule has 2 aromatic rings. The first-order valence-electron chi connectivity index (χ1n) is 4.07. The van der Waals surface area contributed by atoms with Gasteiger partial charge in [-0.25, -0.2) is 0 Å². The minimum absolute atomic E-state index is 0.0235. The molecule has 1 aromatic carbocycles. The van der Waals surface area contributed by atoms with Gasteiger partial charge in [-0.1, -0.05) is 17.7 Å². The van der Waals surface area contributed by atoms with E-state index in [1.807, 2.05) is 25.1 Å². The summed E-state index contributed by atoms with van der Waals surface area (Å²) in [5, 5.41) is 8.23. The van der Waals surface area contributed by atoms with Crippen LogP contribution in [0.5, 0.6) is 0 Å². The van der Waals surface area contributed by atoms with Gasteiger partial charge < -0.3 is 5.73 Å². The third-order valence-corrected chi connectivity index (χ3v) is 2.35. The molecule has 0 aliphatic rings. The Bertz CT molecular complexity index is 433. The molecule has 3 N–H and O–H groups in total. The molecule has 2 rings (SSSR count). The van der Waals surface area contributed by atoms with Crippen LogP contribution in [-0.2, 0) is 0 Å². The molecular weight excluding hydrogens is 186 g/mol. The molecule has 68 valence electrons. The number of fused-ring (bicyclic) bond motifs is 1. The van der Waals surface area contributed by atoms with Crippen LogP contribution in [0, 0.1) is 0 Å². The van der Waals surface area contributed by atoms with Crippen LogP contribution in [0.4, 0.5) is 0 Å². The summed E-state index contributed by atoms with van der Waals surface area (Å²) in [6, 6.07) is 5.86. The van der Waals surface area contributed by atoms with Gasteiger partial charge in [0.05, 0.1) is 5.52 Å². The van der Waals surface area contributed by atoms with Crippen molar-refractivity contribution in [3.8, 4) is 0 Å².